The minimum atomic E-state index is -1.35. The first-order chi connectivity index (χ1) is 17.1. The van der Waals surface area contributed by atoms with Crippen molar-refractivity contribution in [1.82, 2.24) is 14.9 Å². The van der Waals surface area contributed by atoms with E-state index in [2.05, 4.69) is 20.6 Å². The van der Waals surface area contributed by atoms with Gasteiger partial charge in [-0.25, -0.2) is 4.98 Å². The van der Waals surface area contributed by atoms with Crippen molar-refractivity contribution in [2.75, 3.05) is 24.7 Å². The second kappa shape index (κ2) is 12.5. The Hall–Kier alpha value is -2.77. The molecule has 0 aliphatic rings. The number of hydrogen-bond acceptors (Lipinski definition) is 8. The summed E-state index contributed by atoms with van der Waals surface area (Å²) in [6, 6.07) is 11.2. The number of anilines is 4. The molecule has 0 aliphatic heterocycles. The summed E-state index contributed by atoms with van der Waals surface area (Å²) in [5.74, 6) is 1.26. The molecule has 0 radical (unpaired) electrons. The van der Waals surface area contributed by atoms with Crippen LogP contribution in [0.15, 0.2) is 42.6 Å². The van der Waals surface area contributed by atoms with Crippen molar-refractivity contribution in [2.45, 2.75) is 46.0 Å². The number of hydrogen-bond donors (Lipinski definition) is 3. The first-order valence-electron chi connectivity index (χ1n) is 11.7. The Morgan fingerprint density at radius 1 is 1.14 bits per heavy atom. The molecule has 10 heteroatoms. The summed E-state index contributed by atoms with van der Waals surface area (Å²) in [5.41, 5.74) is 2.81. The Balaban J connectivity index is 1.97. The zero-order valence-electron chi connectivity index (χ0n) is 21.4. The summed E-state index contributed by atoms with van der Waals surface area (Å²) < 4.78 is 6.03. The van der Waals surface area contributed by atoms with Crippen molar-refractivity contribution in [1.29, 1.82) is 0 Å². The lowest BCUT2D eigenvalue weighted by Gasteiger charge is -2.20. The SMILES string of the molecule is CC(C)Oc1cc(CN(C)C)c(C=O)cc1Nc1ncc(Cl)c(Nc2ccccc2P(O)C(C)C)n1. The molecule has 36 heavy (non-hydrogen) atoms. The van der Waals surface area contributed by atoms with Crippen LogP contribution in [0.4, 0.5) is 23.1 Å². The smallest absolute Gasteiger partial charge is 0.229 e. The fourth-order valence-electron chi connectivity index (χ4n) is 3.50. The molecule has 2 aromatic carbocycles. The van der Waals surface area contributed by atoms with Crippen molar-refractivity contribution in [2.24, 2.45) is 0 Å². The van der Waals surface area contributed by atoms with Crippen molar-refractivity contribution in [3.05, 3.63) is 58.7 Å². The van der Waals surface area contributed by atoms with Gasteiger partial charge in [0.05, 0.1) is 26.1 Å². The maximum atomic E-state index is 11.8. The van der Waals surface area contributed by atoms with E-state index >= 15 is 0 Å². The quantitative estimate of drug-likeness (QED) is 0.215. The summed E-state index contributed by atoms with van der Waals surface area (Å²) in [6.07, 6.45) is 2.25. The minimum absolute atomic E-state index is 0.0750. The van der Waals surface area contributed by atoms with Gasteiger partial charge in [-0.1, -0.05) is 43.6 Å². The number of nitrogens with zero attached hydrogens (tertiary/aromatic N) is 3. The second-order valence-electron chi connectivity index (χ2n) is 9.17. The first kappa shape index (κ1) is 27.8. The summed E-state index contributed by atoms with van der Waals surface area (Å²) in [5, 5.41) is 7.56. The minimum Gasteiger partial charge on any atom is -0.489 e. The summed E-state index contributed by atoms with van der Waals surface area (Å²) >= 11 is 6.41. The number of ether oxygens (including phenoxy) is 1. The molecule has 3 rings (SSSR count). The monoisotopic (exact) mass is 529 g/mol. The highest BCUT2D eigenvalue weighted by Crippen LogP contribution is 2.38. The van der Waals surface area contributed by atoms with Crippen LogP contribution in [0.2, 0.25) is 5.02 Å². The fraction of sp³-hybridized carbons (Fsp3) is 0.346. The van der Waals surface area contributed by atoms with Crippen LogP contribution in [0.3, 0.4) is 0 Å². The molecule has 3 N–H and O–H groups in total. The molecule has 0 aliphatic carbocycles. The molecule has 3 aromatic rings. The van der Waals surface area contributed by atoms with Gasteiger partial charge in [0.1, 0.15) is 17.1 Å². The van der Waals surface area contributed by atoms with E-state index in [9.17, 15) is 9.69 Å². The molecule has 0 saturated carbocycles. The van der Waals surface area contributed by atoms with Crippen LogP contribution in [0, 0.1) is 0 Å². The second-order valence-corrected chi connectivity index (χ2v) is 11.8. The summed E-state index contributed by atoms with van der Waals surface area (Å²) in [6.45, 7) is 8.44. The average molecular weight is 530 g/mol. The van der Waals surface area contributed by atoms with Crippen molar-refractivity contribution in [3.8, 4) is 5.75 Å². The lowest BCUT2D eigenvalue weighted by molar-refractivity contribution is 0.112. The highest BCUT2D eigenvalue weighted by molar-refractivity contribution is 7.61. The Morgan fingerprint density at radius 3 is 2.50 bits per heavy atom. The van der Waals surface area contributed by atoms with Crippen LogP contribution in [0.1, 0.15) is 43.6 Å². The zero-order chi connectivity index (χ0) is 26.4. The van der Waals surface area contributed by atoms with Gasteiger partial charge in [0.15, 0.2) is 5.82 Å². The molecule has 0 fully saturated rings. The number of halogens is 1. The molecule has 1 aromatic heterocycles. The molecule has 0 amide bonds. The van der Waals surface area contributed by atoms with Crippen molar-refractivity contribution in [3.63, 3.8) is 0 Å². The fourth-order valence-corrected chi connectivity index (χ4v) is 4.81. The van der Waals surface area contributed by atoms with E-state index in [1.807, 2.05) is 77.0 Å². The molecule has 0 spiro atoms. The van der Waals surface area contributed by atoms with Gasteiger partial charge in [0.25, 0.3) is 0 Å². The number of nitrogens with one attached hydrogen (secondary N) is 2. The molecular weight excluding hydrogens is 497 g/mol. The molecule has 0 bridgehead atoms. The van der Waals surface area contributed by atoms with Crippen LogP contribution >= 0.6 is 19.7 Å². The predicted molar refractivity (Wildman–Crippen MR) is 149 cm³/mol. The molecular formula is C26H33ClN5O3P. The molecule has 1 heterocycles. The molecule has 0 saturated heterocycles. The summed E-state index contributed by atoms with van der Waals surface area (Å²) in [7, 11) is 2.53. The van der Waals surface area contributed by atoms with Crippen LogP contribution < -0.4 is 20.7 Å². The third-order valence-electron chi connectivity index (χ3n) is 5.10. The number of aromatic nitrogens is 2. The number of aldehydes is 1. The van der Waals surface area contributed by atoms with Gasteiger partial charge in [-0.2, -0.15) is 4.98 Å². The topological polar surface area (TPSA) is 99.6 Å². The summed E-state index contributed by atoms with van der Waals surface area (Å²) in [4.78, 5) is 33.4. The molecule has 192 valence electrons. The lowest BCUT2D eigenvalue weighted by Crippen LogP contribution is -2.14. The number of rotatable bonds is 11. The van der Waals surface area contributed by atoms with E-state index in [1.165, 1.54) is 6.20 Å². The average Bonchev–Trinajstić information content (AvgIpc) is 2.81. The zero-order valence-corrected chi connectivity index (χ0v) is 23.1. The van der Waals surface area contributed by atoms with Crippen LogP contribution in [0.25, 0.3) is 0 Å². The predicted octanol–water partition coefficient (Wildman–Crippen LogP) is 5.70. The Morgan fingerprint density at radius 2 is 1.86 bits per heavy atom. The van der Waals surface area contributed by atoms with E-state index in [0.717, 1.165) is 22.8 Å². The van der Waals surface area contributed by atoms with Crippen LogP contribution in [-0.2, 0) is 6.54 Å². The van der Waals surface area contributed by atoms with E-state index in [0.29, 0.717) is 34.4 Å². The van der Waals surface area contributed by atoms with Gasteiger partial charge in [0, 0.05) is 28.8 Å². The molecule has 1 atom stereocenters. The third kappa shape index (κ3) is 7.14. The number of para-hydroxylation sites is 1. The first-order valence-corrected chi connectivity index (χ1v) is 13.4. The highest BCUT2D eigenvalue weighted by Gasteiger charge is 2.18. The van der Waals surface area contributed by atoms with Gasteiger partial charge < -0.3 is 25.2 Å². The van der Waals surface area contributed by atoms with Gasteiger partial charge in [-0.15, -0.1) is 0 Å². The van der Waals surface area contributed by atoms with Crippen molar-refractivity contribution >= 4 is 54.5 Å². The van der Waals surface area contributed by atoms with Crippen LogP contribution in [-0.4, -0.2) is 51.9 Å². The Bertz CT molecular complexity index is 1210. The van der Waals surface area contributed by atoms with Crippen LogP contribution in [0.5, 0.6) is 5.75 Å². The number of benzene rings is 2. The third-order valence-corrected chi connectivity index (χ3v) is 7.24. The van der Waals surface area contributed by atoms with Gasteiger partial charge in [-0.05, 0) is 51.7 Å². The van der Waals surface area contributed by atoms with Gasteiger partial charge in [-0.3, -0.25) is 4.79 Å². The Labute approximate surface area is 218 Å². The normalized spacial score (nSPS) is 12.2. The molecule has 1 unspecified atom stereocenters. The van der Waals surface area contributed by atoms with E-state index in [4.69, 9.17) is 16.3 Å². The van der Waals surface area contributed by atoms with E-state index in [1.54, 1.807) is 6.07 Å². The highest BCUT2D eigenvalue weighted by atomic mass is 35.5. The standard InChI is InChI=1S/C26H33ClN5O3P/c1-16(2)35-23-12-18(14-32(5)6)19(15-33)11-22(23)30-26-28-13-20(27)25(31-26)29-21-9-7-8-10-24(21)36(34)17(3)4/h7-13,15-17,34H,14H2,1-6H3,(H2,28,29,30,31). The Kier molecular flexibility index (Phi) is 9.63. The number of carbonyl (C=O) groups is 1. The maximum Gasteiger partial charge on any atom is 0.229 e. The van der Waals surface area contributed by atoms with Crippen molar-refractivity contribution < 1.29 is 14.4 Å². The van der Waals surface area contributed by atoms with E-state index < -0.39 is 8.15 Å². The molecule has 8 nitrogen and oxygen atoms in total. The maximum absolute atomic E-state index is 11.8. The number of carbonyl (C=O) groups excluding carboxylic acids is 1. The largest absolute Gasteiger partial charge is 0.489 e. The van der Waals surface area contributed by atoms with Gasteiger partial charge in [0.2, 0.25) is 5.95 Å². The lowest BCUT2D eigenvalue weighted by atomic mass is 10.1. The van der Waals surface area contributed by atoms with Gasteiger partial charge >= 0.3 is 0 Å². The van der Waals surface area contributed by atoms with E-state index in [-0.39, 0.29) is 17.7 Å².